The summed E-state index contributed by atoms with van der Waals surface area (Å²) in [7, 11) is 0. The van der Waals surface area contributed by atoms with Gasteiger partial charge in [-0.1, -0.05) is 13.8 Å². The van der Waals surface area contributed by atoms with E-state index in [-0.39, 0.29) is 6.92 Å². The molecule has 0 aliphatic carbocycles. The molecule has 0 aromatic heterocycles. The predicted octanol–water partition coefficient (Wildman–Crippen LogP) is 6.34. The van der Waals surface area contributed by atoms with Crippen molar-refractivity contribution < 1.29 is 66.6 Å². The lowest BCUT2D eigenvalue weighted by molar-refractivity contribution is -0.443. The summed E-state index contributed by atoms with van der Waals surface area (Å²) in [4.78, 5) is 11.7. The fourth-order valence-electron chi connectivity index (χ4n) is 2.36. The van der Waals surface area contributed by atoms with Crippen molar-refractivity contribution in [2.24, 2.45) is 11.8 Å². The van der Waals surface area contributed by atoms with Crippen LogP contribution in [0.1, 0.15) is 34.1 Å². The third-order valence-electron chi connectivity index (χ3n) is 4.23. The van der Waals surface area contributed by atoms with Crippen LogP contribution in [0.2, 0.25) is 0 Å². The first-order valence-corrected chi connectivity index (χ1v) is 8.11. The normalized spacial score (nSPS) is 17.1. The molecule has 0 fully saturated rings. The van der Waals surface area contributed by atoms with Gasteiger partial charge in [0.1, 0.15) is 0 Å². The molecule has 30 heavy (non-hydrogen) atoms. The average Bonchev–Trinajstić information content (AvgIpc) is 2.52. The fraction of sp³-hybridized carbons (Fsp3) is 0.933. The van der Waals surface area contributed by atoms with E-state index in [1.165, 1.54) is 13.8 Å². The number of alkyl halides is 13. The number of rotatable bonds is 9. The van der Waals surface area contributed by atoms with Gasteiger partial charge in [-0.05, 0) is 20.3 Å². The largest absolute Gasteiger partial charge is 0.463 e. The second kappa shape index (κ2) is 8.24. The topological polar surface area (TPSA) is 26.3 Å². The highest BCUT2D eigenvalue weighted by atomic mass is 19.4. The van der Waals surface area contributed by atoms with E-state index in [4.69, 9.17) is 0 Å². The maximum atomic E-state index is 14.1. The maximum Gasteiger partial charge on any atom is 0.460 e. The minimum Gasteiger partial charge on any atom is -0.463 e. The third kappa shape index (κ3) is 4.30. The second-order valence-corrected chi connectivity index (χ2v) is 6.71. The van der Waals surface area contributed by atoms with Crippen molar-refractivity contribution in [3.8, 4) is 0 Å². The van der Waals surface area contributed by atoms with E-state index in [9.17, 15) is 61.9 Å². The van der Waals surface area contributed by atoms with Crippen molar-refractivity contribution in [3.63, 3.8) is 0 Å². The highest BCUT2D eigenvalue weighted by Crippen LogP contribution is 2.61. The summed E-state index contributed by atoms with van der Waals surface area (Å²) in [6, 6.07) is 0. The summed E-state index contributed by atoms with van der Waals surface area (Å²) in [6.07, 6.45) is -9.23. The molecular formula is C15H17F13O2. The maximum absolute atomic E-state index is 14.1. The number of ether oxygens (including phenoxy) is 1. The van der Waals surface area contributed by atoms with Gasteiger partial charge in [-0.25, -0.2) is 0 Å². The fourth-order valence-corrected chi connectivity index (χ4v) is 2.36. The molecule has 0 aliphatic heterocycles. The predicted molar refractivity (Wildman–Crippen MR) is 75.0 cm³/mol. The molecule has 15 heteroatoms. The van der Waals surface area contributed by atoms with Crippen molar-refractivity contribution in [1.29, 1.82) is 0 Å². The van der Waals surface area contributed by atoms with Crippen LogP contribution in [-0.4, -0.2) is 47.9 Å². The van der Waals surface area contributed by atoms with Crippen LogP contribution in [0, 0.1) is 11.8 Å². The minimum absolute atomic E-state index is 0.0415. The van der Waals surface area contributed by atoms with Gasteiger partial charge in [0.05, 0.1) is 12.0 Å². The Morgan fingerprint density at radius 2 is 1.07 bits per heavy atom. The zero-order chi connectivity index (χ0) is 24.7. The van der Waals surface area contributed by atoms with E-state index in [0.29, 0.717) is 0 Å². The van der Waals surface area contributed by atoms with E-state index >= 15 is 0 Å². The SMILES string of the molecule is CCC(C(=O)OC(C)C)C(C)C(F)(F)C(F)(F)C(F)(F)C(F)(F)C(F)(F)C(F)(F)F. The Hall–Kier alpha value is -1.44. The summed E-state index contributed by atoms with van der Waals surface area (Å²) in [5.41, 5.74) is 0. The Labute approximate surface area is 161 Å². The van der Waals surface area contributed by atoms with E-state index in [1.54, 1.807) is 0 Å². The number of halogens is 13. The number of carbonyl (C=O) groups excluding carboxylic acids is 1. The van der Waals surface area contributed by atoms with Gasteiger partial charge in [0.2, 0.25) is 0 Å². The summed E-state index contributed by atoms with van der Waals surface area (Å²) in [5.74, 6) is -44.5. The van der Waals surface area contributed by atoms with Crippen LogP contribution in [0.15, 0.2) is 0 Å². The van der Waals surface area contributed by atoms with Gasteiger partial charge in [-0.15, -0.1) is 0 Å². The van der Waals surface area contributed by atoms with Crippen LogP contribution in [0.5, 0.6) is 0 Å². The van der Waals surface area contributed by atoms with Crippen molar-refractivity contribution >= 4 is 5.97 Å². The molecule has 0 aliphatic rings. The van der Waals surface area contributed by atoms with Crippen LogP contribution in [0.3, 0.4) is 0 Å². The Kier molecular flexibility index (Phi) is 7.85. The number of carbonyl (C=O) groups is 1. The van der Waals surface area contributed by atoms with Gasteiger partial charge in [0.15, 0.2) is 0 Å². The van der Waals surface area contributed by atoms with Gasteiger partial charge >= 0.3 is 41.8 Å². The van der Waals surface area contributed by atoms with Crippen LogP contribution < -0.4 is 0 Å². The molecule has 0 saturated heterocycles. The Bertz CT molecular complexity index is 610. The van der Waals surface area contributed by atoms with Crippen molar-refractivity contribution in [1.82, 2.24) is 0 Å². The summed E-state index contributed by atoms with van der Waals surface area (Å²) in [6.45, 7) is 3.35. The van der Waals surface area contributed by atoms with Crippen LogP contribution in [0.4, 0.5) is 57.1 Å². The minimum atomic E-state index is -7.97. The molecule has 0 saturated carbocycles. The highest BCUT2D eigenvalue weighted by Gasteiger charge is 2.91. The van der Waals surface area contributed by atoms with Crippen molar-refractivity contribution in [3.05, 3.63) is 0 Å². The quantitative estimate of drug-likeness (QED) is 0.287. The first-order valence-electron chi connectivity index (χ1n) is 8.11. The van der Waals surface area contributed by atoms with E-state index < -0.39 is 66.1 Å². The van der Waals surface area contributed by atoms with Gasteiger partial charge in [0, 0.05) is 5.92 Å². The van der Waals surface area contributed by atoms with Gasteiger partial charge in [-0.2, -0.15) is 57.1 Å². The monoisotopic (exact) mass is 476 g/mol. The average molecular weight is 476 g/mol. The number of hydrogen-bond acceptors (Lipinski definition) is 2. The lowest BCUT2D eigenvalue weighted by Crippen LogP contribution is -2.71. The van der Waals surface area contributed by atoms with Gasteiger partial charge in [0.25, 0.3) is 0 Å². The number of esters is 1. The first-order chi connectivity index (χ1) is 12.9. The molecule has 2 nitrogen and oxygen atoms in total. The lowest BCUT2D eigenvalue weighted by atomic mass is 9.80. The molecule has 2 atom stereocenters. The third-order valence-corrected chi connectivity index (χ3v) is 4.23. The summed E-state index contributed by atoms with van der Waals surface area (Å²) in [5, 5.41) is 0. The molecule has 2 unspecified atom stereocenters. The molecule has 0 aromatic rings. The molecular weight excluding hydrogens is 459 g/mol. The lowest BCUT2D eigenvalue weighted by Gasteiger charge is -2.42. The molecule has 0 rings (SSSR count). The molecule has 0 N–H and O–H groups in total. The second-order valence-electron chi connectivity index (χ2n) is 6.71. The van der Waals surface area contributed by atoms with Crippen LogP contribution in [0.25, 0.3) is 0 Å². The van der Waals surface area contributed by atoms with Gasteiger partial charge < -0.3 is 4.74 Å². The molecule has 0 radical (unpaired) electrons. The van der Waals surface area contributed by atoms with Crippen LogP contribution >= 0.6 is 0 Å². The van der Waals surface area contributed by atoms with Gasteiger partial charge in [-0.3, -0.25) is 4.79 Å². The highest BCUT2D eigenvalue weighted by molar-refractivity contribution is 5.73. The Balaban J connectivity index is 6.38. The molecule has 0 spiro atoms. The zero-order valence-electron chi connectivity index (χ0n) is 15.7. The van der Waals surface area contributed by atoms with E-state index in [1.807, 2.05) is 0 Å². The smallest absolute Gasteiger partial charge is 0.460 e. The molecule has 0 bridgehead atoms. The van der Waals surface area contributed by atoms with Crippen molar-refractivity contribution in [2.45, 2.75) is 76.0 Å². The zero-order valence-corrected chi connectivity index (χ0v) is 15.7. The number of hydrogen-bond donors (Lipinski definition) is 0. The molecule has 0 aromatic carbocycles. The molecule has 0 amide bonds. The Morgan fingerprint density at radius 1 is 0.700 bits per heavy atom. The standard InChI is InChI=1S/C15H17F13O2/c1-5-8(9(29)30-6(2)3)7(4)10(16,17)11(18,19)12(20,21)13(22,23)14(24,25)15(26,27)28/h6-8H,5H2,1-4H3. The van der Waals surface area contributed by atoms with E-state index in [0.717, 1.165) is 6.92 Å². The molecule has 180 valence electrons. The Morgan fingerprint density at radius 3 is 1.37 bits per heavy atom. The van der Waals surface area contributed by atoms with E-state index in [2.05, 4.69) is 4.74 Å². The summed E-state index contributed by atoms with van der Waals surface area (Å²) < 4.78 is 176. The summed E-state index contributed by atoms with van der Waals surface area (Å²) >= 11 is 0. The van der Waals surface area contributed by atoms with Crippen LogP contribution in [-0.2, 0) is 9.53 Å². The first kappa shape index (κ1) is 28.6. The van der Waals surface area contributed by atoms with Crippen molar-refractivity contribution in [2.75, 3.05) is 0 Å². The molecule has 0 heterocycles.